The number of carbonyl (C=O) groups excluding carboxylic acids is 1. The van der Waals surface area contributed by atoms with Gasteiger partial charge < -0.3 is 10.2 Å². The molecule has 3 nitrogen and oxygen atoms in total. The fraction of sp³-hybridized carbons (Fsp3) is 0.938. The van der Waals surface area contributed by atoms with Crippen LogP contribution in [0.1, 0.15) is 65.7 Å². The topological polar surface area (TPSA) is 32.3 Å². The Morgan fingerprint density at radius 2 is 1.84 bits per heavy atom. The van der Waals surface area contributed by atoms with Gasteiger partial charge in [-0.25, -0.2) is 0 Å². The number of nitrogens with zero attached hydrogens (tertiary/aromatic N) is 1. The van der Waals surface area contributed by atoms with Crippen molar-refractivity contribution in [2.45, 2.75) is 77.8 Å². The smallest absolute Gasteiger partial charge is 0.225 e. The minimum Gasteiger partial charge on any atom is -0.343 e. The Balaban J connectivity index is 2.35. The first-order valence-corrected chi connectivity index (χ1v) is 8.10. The molecule has 19 heavy (non-hydrogen) atoms. The fourth-order valence-electron chi connectivity index (χ4n) is 3.10. The molecule has 0 bridgehead atoms. The van der Waals surface area contributed by atoms with Gasteiger partial charge >= 0.3 is 0 Å². The predicted octanol–water partition coefficient (Wildman–Crippen LogP) is 3.19. The molecule has 0 aromatic carbocycles. The Labute approximate surface area is 119 Å². The van der Waals surface area contributed by atoms with Gasteiger partial charge in [0.15, 0.2) is 0 Å². The summed E-state index contributed by atoms with van der Waals surface area (Å²) in [5.41, 5.74) is 0. The second-order valence-corrected chi connectivity index (χ2v) is 6.10. The first kappa shape index (κ1) is 16.5. The zero-order valence-electron chi connectivity index (χ0n) is 13.2. The van der Waals surface area contributed by atoms with E-state index in [0.29, 0.717) is 18.0 Å². The molecule has 0 saturated heterocycles. The SMILES string of the molecule is CCCNC1CCC(N(C)C(=O)C(C)CCC)CC1. The monoisotopic (exact) mass is 268 g/mol. The van der Waals surface area contributed by atoms with E-state index in [1.54, 1.807) is 0 Å². The summed E-state index contributed by atoms with van der Waals surface area (Å²) in [5.74, 6) is 0.526. The molecule has 0 radical (unpaired) electrons. The third kappa shape index (κ3) is 5.13. The minimum absolute atomic E-state index is 0.186. The van der Waals surface area contributed by atoms with Gasteiger partial charge in [0.25, 0.3) is 0 Å². The summed E-state index contributed by atoms with van der Waals surface area (Å²) in [7, 11) is 2.00. The molecule has 0 aromatic heterocycles. The van der Waals surface area contributed by atoms with E-state index in [4.69, 9.17) is 0 Å². The Morgan fingerprint density at radius 1 is 1.21 bits per heavy atom. The maximum Gasteiger partial charge on any atom is 0.225 e. The Hall–Kier alpha value is -0.570. The number of hydrogen-bond acceptors (Lipinski definition) is 2. The highest BCUT2D eigenvalue weighted by molar-refractivity contribution is 5.78. The number of rotatable bonds is 7. The lowest BCUT2D eigenvalue weighted by atomic mass is 9.89. The third-order valence-corrected chi connectivity index (χ3v) is 4.42. The molecule has 1 aliphatic rings. The summed E-state index contributed by atoms with van der Waals surface area (Å²) >= 11 is 0. The van der Waals surface area contributed by atoms with Crippen LogP contribution in [0.4, 0.5) is 0 Å². The van der Waals surface area contributed by atoms with Crippen LogP contribution in [0.25, 0.3) is 0 Å². The van der Waals surface area contributed by atoms with Crippen molar-refractivity contribution in [1.82, 2.24) is 10.2 Å². The van der Waals surface area contributed by atoms with Crippen LogP contribution in [-0.2, 0) is 4.79 Å². The van der Waals surface area contributed by atoms with Gasteiger partial charge in [0.2, 0.25) is 5.91 Å². The van der Waals surface area contributed by atoms with Crippen LogP contribution < -0.4 is 5.32 Å². The predicted molar refractivity (Wildman–Crippen MR) is 81.2 cm³/mol. The summed E-state index contributed by atoms with van der Waals surface area (Å²) < 4.78 is 0. The molecule has 0 aliphatic heterocycles. The van der Waals surface area contributed by atoms with Gasteiger partial charge in [-0.2, -0.15) is 0 Å². The van der Waals surface area contributed by atoms with Crippen LogP contribution in [0.3, 0.4) is 0 Å². The van der Waals surface area contributed by atoms with Crippen LogP contribution in [0, 0.1) is 5.92 Å². The fourth-order valence-corrected chi connectivity index (χ4v) is 3.10. The highest BCUT2D eigenvalue weighted by Crippen LogP contribution is 2.24. The lowest BCUT2D eigenvalue weighted by Gasteiger charge is -2.36. The molecule has 112 valence electrons. The van der Waals surface area contributed by atoms with E-state index in [-0.39, 0.29) is 5.92 Å². The van der Waals surface area contributed by atoms with Crippen molar-refractivity contribution in [1.29, 1.82) is 0 Å². The largest absolute Gasteiger partial charge is 0.343 e. The van der Waals surface area contributed by atoms with Crippen LogP contribution in [0.15, 0.2) is 0 Å². The van der Waals surface area contributed by atoms with Crippen LogP contribution in [0.5, 0.6) is 0 Å². The zero-order chi connectivity index (χ0) is 14.3. The first-order chi connectivity index (χ1) is 9.10. The Morgan fingerprint density at radius 3 is 2.37 bits per heavy atom. The maximum atomic E-state index is 12.3. The molecule has 3 heteroatoms. The molecule has 1 atom stereocenters. The molecule has 0 heterocycles. The quantitative estimate of drug-likeness (QED) is 0.769. The van der Waals surface area contributed by atoms with Gasteiger partial charge in [-0.3, -0.25) is 4.79 Å². The molecule has 1 amide bonds. The average molecular weight is 268 g/mol. The number of hydrogen-bond donors (Lipinski definition) is 1. The molecule has 1 fully saturated rings. The second-order valence-electron chi connectivity index (χ2n) is 6.10. The molecule has 1 saturated carbocycles. The highest BCUT2D eigenvalue weighted by Gasteiger charge is 2.27. The molecule has 1 rings (SSSR count). The summed E-state index contributed by atoms with van der Waals surface area (Å²) in [5, 5.41) is 3.60. The van der Waals surface area contributed by atoms with E-state index in [2.05, 4.69) is 26.1 Å². The number of nitrogens with one attached hydrogen (secondary N) is 1. The van der Waals surface area contributed by atoms with Crippen LogP contribution >= 0.6 is 0 Å². The van der Waals surface area contributed by atoms with E-state index in [0.717, 1.165) is 32.2 Å². The van der Waals surface area contributed by atoms with Crippen molar-refractivity contribution in [2.75, 3.05) is 13.6 Å². The van der Waals surface area contributed by atoms with Crippen LogP contribution in [-0.4, -0.2) is 36.5 Å². The summed E-state index contributed by atoms with van der Waals surface area (Å²) in [6, 6.07) is 1.14. The zero-order valence-corrected chi connectivity index (χ0v) is 13.2. The number of amides is 1. The third-order valence-electron chi connectivity index (χ3n) is 4.42. The Bertz CT molecular complexity index is 259. The maximum absolute atomic E-state index is 12.3. The minimum atomic E-state index is 0.186. The lowest BCUT2D eigenvalue weighted by Crippen LogP contribution is -2.44. The van der Waals surface area contributed by atoms with Gasteiger partial charge in [-0.05, 0) is 45.1 Å². The van der Waals surface area contributed by atoms with E-state index in [9.17, 15) is 4.79 Å². The molecule has 0 spiro atoms. The Kier molecular flexibility index (Phi) is 7.44. The molecule has 1 unspecified atom stereocenters. The normalized spacial score (nSPS) is 25.1. The average Bonchev–Trinajstić information content (AvgIpc) is 2.44. The van der Waals surface area contributed by atoms with E-state index >= 15 is 0 Å². The molecular weight excluding hydrogens is 236 g/mol. The van der Waals surface area contributed by atoms with Crippen LogP contribution in [0.2, 0.25) is 0 Å². The second kappa shape index (κ2) is 8.57. The molecular formula is C16H32N2O. The van der Waals surface area contributed by atoms with Crippen molar-refractivity contribution in [2.24, 2.45) is 5.92 Å². The van der Waals surface area contributed by atoms with Gasteiger partial charge in [0.1, 0.15) is 0 Å². The van der Waals surface area contributed by atoms with Crippen molar-refractivity contribution < 1.29 is 4.79 Å². The van der Waals surface area contributed by atoms with Gasteiger partial charge in [-0.1, -0.05) is 27.2 Å². The van der Waals surface area contributed by atoms with Gasteiger partial charge in [0.05, 0.1) is 0 Å². The van der Waals surface area contributed by atoms with Gasteiger partial charge in [0, 0.05) is 25.0 Å². The van der Waals surface area contributed by atoms with E-state index in [1.165, 1.54) is 19.3 Å². The van der Waals surface area contributed by atoms with Crippen molar-refractivity contribution in [3.05, 3.63) is 0 Å². The summed E-state index contributed by atoms with van der Waals surface area (Å²) in [6.45, 7) is 7.54. The summed E-state index contributed by atoms with van der Waals surface area (Å²) in [4.78, 5) is 14.3. The number of carbonyl (C=O) groups is 1. The van der Waals surface area contributed by atoms with E-state index < -0.39 is 0 Å². The highest BCUT2D eigenvalue weighted by atomic mass is 16.2. The lowest BCUT2D eigenvalue weighted by molar-refractivity contribution is -0.136. The van der Waals surface area contributed by atoms with Crippen molar-refractivity contribution in [3.63, 3.8) is 0 Å². The summed E-state index contributed by atoms with van der Waals surface area (Å²) in [6.07, 6.45) is 8.04. The molecule has 1 aliphatic carbocycles. The first-order valence-electron chi connectivity index (χ1n) is 8.10. The van der Waals surface area contributed by atoms with Gasteiger partial charge in [-0.15, -0.1) is 0 Å². The van der Waals surface area contributed by atoms with E-state index in [1.807, 2.05) is 11.9 Å². The van der Waals surface area contributed by atoms with Crippen molar-refractivity contribution >= 4 is 5.91 Å². The standard InChI is InChI=1S/C16H32N2O/c1-5-7-13(3)16(19)18(4)15-10-8-14(9-11-15)17-12-6-2/h13-15,17H,5-12H2,1-4H3. The molecule has 1 N–H and O–H groups in total. The molecule has 0 aromatic rings. The van der Waals surface area contributed by atoms with Crippen molar-refractivity contribution in [3.8, 4) is 0 Å².